The number of nitrogen functional groups attached to an aromatic ring is 1. The van der Waals surface area contributed by atoms with Crippen LogP contribution in [0, 0.1) is 0 Å². The highest BCUT2D eigenvalue weighted by atomic mass is 16.5. The highest BCUT2D eigenvalue weighted by molar-refractivity contribution is 5.60. The van der Waals surface area contributed by atoms with E-state index in [1.54, 1.807) is 11.1 Å². The van der Waals surface area contributed by atoms with Gasteiger partial charge in [-0.25, -0.2) is 4.98 Å². The Labute approximate surface area is 184 Å². The molecule has 1 fully saturated rings. The number of nitrogens with zero attached hydrogens (tertiary/aromatic N) is 7. The van der Waals surface area contributed by atoms with Crippen LogP contribution in [0.25, 0.3) is 23.1 Å². The summed E-state index contributed by atoms with van der Waals surface area (Å²) in [6.07, 6.45) is 6.47. The number of anilines is 3. The van der Waals surface area contributed by atoms with Crippen molar-refractivity contribution in [3.8, 4) is 29.0 Å². The second-order valence-electron chi connectivity index (χ2n) is 7.54. The first-order chi connectivity index (χ1) is 15.7. The van der Waals surface area contributed by atoms with Crippen molar-refractivity contribution in [1.29, 1.82) is 0 Å². The van der Waals surface area contributed by atoms with Crippen molar-refractivity contribution >= 4 is 17.6 Å². The Morgan fingerprint density at radius 2 is 1.78 bits per heavy atom. The number of nitrogens with two attached hydrogens (primary N) is 1. The Morgan fingerprint density at radius 3 is 2.53 bits per heavy atom. The summed E-state index contributed by atoms with van der Waals surface area (Å²) in [5, 5.41) is 4.01. The molecule has 3 aromatic heterocycles. The van der Waals surface area contributed by atoms with E-state index in [1.807, 2.05) is 49.5 Å². The lowest BCUT2D eigenvalue weighted by molar-refractivity contribution is 0.201. The van der Waals surface area contributed by atoms with Gasteiger partial charge in [0.1, 0.15) is 6.10 Å². The molecule has 3 heterocycles. The van der Waals surface area contributed by atoms with E-state index in [0.29, 0.717) is 23.3 Å². The minimum absolute atomic E-state index is 0.0641. The van der Waals surface area contributed by atoms with Gasteiger partial charge in [0.2, 0.25) is 29.4 Å². The van der Waals surface area contributed by atoms with Crippen LogP contribution in [0.1, 0.15) is 25.7 Å². The highest BCUT2D eigenvalue weighted by Crippen LogP contribution is 2.26. The molecular weight excluding hydrogens is 408 g/mol. The van der Waals surface area contributed by atoms with Gasteiger partial charge in [-0.05, 0) is 43.9 Å². The molecule has 1 aromatic carbocycles. The van der Waals surface area contributed by atoms with Crippen LogP contribution >= 0.6 is 0 Å². The summed E-state index contributed by atoms with van der Waals surface area (Å²) in [6.45, 7) is 0. The third-order valence-corrected chi connectivity index (χ3v) is 5.28. The molecule has 0 unspecified atom stereocenters. The summed E-state index contributed by atoms with van der Waals surface area (Å²) in [4.78, 5) is 23.4. The number of ether oxygens (including phenoxy) is 1. The minimum atomic E-state index is 0.0641. The molecule has 0 radical (unpaired) electrons. The lowest BCUT2D eigenvalue weighted by Gasteiger charge is -2.17. The molecule has 5 rings (SSSR count). The molecule has 0 saturated heterocycles. The first-order valence-electron chi connectivity index (χ1n) is 10.4. The van der Waals surface area contributed by atoms with Crippen LogP contribution in [0.4, 0.5) is 17.6 Å². The Bertz CT molecular complexity index is 1190. The van der Waals surface area contributed by atoms with Crippen molar-refractivity contribution in [2.24, 2.45) is 0 Å². The van der Waals surface area contributed by atoms with E-state index in [9.17, 15) is 0 Å². The highest BCUT2D eigenvalue weighted by Gasteiger charge is 2.19. The van der Waals surface area contributed by atoms with Crippen LogP contribution in [0.5, 0.6) is 5.88 Å². The number of aromatic nitrogens is 6. The molecule has 10 nitrogen and oxygen atoms in total. The Hall–Kier alpha value is -4.08. The van der Waals surface area contributed by atoms with Gasteiger partial charge in [0.15, 0.2) is 0 Å². The van der Waals surface area contributed by atoms with Crippen molar-refractivity contribution in [3.05, 3.63) is 48.7 Å². The van der Waals surface area contributed by atoms with E-state index in [0.717, 1.165) is 18.5 Å². The normalized spacial score (nSPS) is 13.9. The molecular formula is C22H22N8O2. The zero-order valence-corrected chi connectivity index (χ0v) is 17.5. The third kappa shape index (κ3) is 4.20. The average molecular weight is 430 g/mol. The number of benzene rings is 1. The van der Waals surface area contributed by atoms with Crippen molar-refractivity contribution in [2.45, 2.75) is 31.8 Å². The molecule has 2 N–H and O–H groups in total. The molecule has 0 aliphatic heterocycles. The van der Waals surface area contributed by atoms with Crippen LogP contribution in [0.3, 0.4) is 0 Å². The van der Waals surface area contributed by atoms with Gasteiger partial charge in [-0.3, -0.25) is 0 Å². The standard InChI is InChI=1S/C22H22N8O2/c1-30(15-7-3-2-4-8-15)22-27-18(26-21(23)28-22)19-25-20(32-29-19)14-11-12-17(24-13-14)31-16-9-5-6-10-16/h2-4,7-8,11-13,16H,5-6,9-10H2,1H3,(H2,23,26,27,28). The van der Waals surface area contributed by atoms with E-state index in [-0.39, 0.29) is 23.7 Å². The van der Waals surface area contributed by atoms with Gasteiger partial charge in [0.05, 0.1) is 5.56 Å². The molecule has 0 spiro atoms. The SMILES string of the molecule is CN(c1ccccc1)c1nc(N)nc(-c2noc(-c3ccc(OC4CCCC4)nc3)n2)n1. The molecule has 0 atom stereocenters. The van der Waals surface area contributed by atoms with E-state index in [2.05, 4.69) is 30.1 Å². The van der Waals surface area contributed by atoms with Crippen LogP contribution in [0.15, 0.2) is 53.2 Å². The lowest BCUT2D eigenvalue weighted by Crippen LogP contribution is -2.15. The van der Waals surface area contributed by atoms with Crippen LogP contribution in [0.2, 0.25) is 0 Å². The molecule has 1 aliphatic rings. The van der Waals surface area contributed by atoms with Crippen molar-refractivity contribution < 1.29 is 9.26 Å². The van der Waals surface area contributed by atoms with Crippen LogP contribution in [-0.4, -0.2) is 43.2 Å². The fraction of sp³-hybridized carbons (Fsp3) is 0.273. The second kappa shape index (κ2) is 8.58. The zero-order valence-electron chi connectivity index (χ0n) is 17.5. The molecule has 4 aromatic rings. The molecule has 32 heavy (non-hydrogen) atoms. The smallest absolute Gasteiger partial charge is 0.259 e. The summed E-state index contributed by atoms with van der Waals surface area (Å²) in [6, 6.07) is 13.3. The number of hydrogen-bond donors (Lipinski definition) is 1. The number of rotatable bonds is 6. The quantitative estimate of drug-likeness (QED) is 0.484. The molecule has 0 bridgehead atoms. The average Bonchev–Trinajstić information content (AvgIpc) is 3.52. The predicted molar refractivity (Wildman–Crippen MR) is 118 cm³/mol. The fourth-order valence-corrected chi connectivity index (χ4v) is 3.58. The monoisotopic (exact) mass is 430 g/mol. The van der Waals surface area contributed by atoms with E-state index in [4.69, 9.17) is 15.0 Å². The summed E-state index contributed by atoms with van der Waals surface area (Å²) in [5.41, 5.74) is 7.49. The van der Waals surface area contributed by atoms with E-state index < -0.39 is 0 Å². The summed E-state index contributed by atoms with van der Waals surface area (Å²) < 4.78 is 11.3. The molecule has 1 saturated carbocycles. The van der Waals surface area contributed by atoms with Gasteiger partial charge in [-0.15, -0.1) is 0 Å². The van der Waals surface area contributed by atoms with Gasteiger partial charge in [0.25, 0.3) is 5.89 Å². The van der Waals surface area contributed by atoms with Crippen molar-refractivity contribution in [3.63, 3.8) is 0 Å². The molecule has 10 heteroatoms. The molecule has 0 amide bonds. The largest absolute Gasteiger partial charge is 0.474 e. The zero-order chi connectivity index (χ0) is 21.9. The van der Waals surface area contributed by atoms with Gasteiger partial charge < -0.3 is 19.9 Å². The second-order valence-corrected chi connectivity index (χ2v) is 7.54. The van der Waals surface area contributed by atoms with E-state index in [1.165, 1.54) is 12.8 Å². The van der Waals surface area contributed by atoms with Crippen molar-refractivity contribution in [2.75, 3.05) is 17.7 Å². The summed E-state index contributed by atoms with van der Waals surface area (Å²) in [7, 11) is 1.84. The van der Waals surface area contributed by atoms with Gasteiger partial charge in [-0.2, -0.15) is 19.9 Å². The Balaban J connectivity index is 1.37. The predicted octanol–water partition coefficient (Wildman–Crippen LogP) is 3.66. The van der Waals surface area contributed by atoms with Crippen LogP contribution in [-0.2, 0) is 0 Å². The lowest BCUT2D eigenvalue weighted by atomic mass is 10.3. The topological polar surface area (TPSA) is 129 Å². The minimum Gasteiger partial charge on any atom is -0.474 e. The Morgan fingerprint density at radius 1 is 0.969 bits per heavy atom. The maximum absolute atomic E-state index is 5.92. The fourth-order valence-electron chi connectivity index (χ4n) is 3.58. The van der Waals surface area contributed by atoms with Crippen LogP contribution < -0.4 is 15.4 Å². The maximum Gasteiger partial charge on any atom is 0.259 e. The van der Waals surface area contributed by atoms with E-state index >= 15 is 0 Å². The number of hydrogen-bond acceptors (Lipinski definition) is 10. The summed E-state index contributed by atoms with van der Waals surface area (Å²) in [5.74, 6) is 1.77. The first-order valence-corrected chi connectivity index (χ1v) is 10.4. The Kier molecular flexibility index (Phi) is 5.32. The third-order valence-electron chi connectivity index (χ3n) is 5.28. The molecule has 1 aliphatic carbocycles. The van der Waals surface area contributed by atoms with Gasteiger partial charge >= 0.3 is 0 Å². The number of pyridine rings is 1. The number of para-hydroxylation sites is 1. The summed E-state index contributed by atoms with van der Waals surface area (Å²) >= 11 is 0. The van der Waals surface area contributed by atoms with Gasteiger partial charge in [0, 0.05) is 25.0 Å². The first kappa shape index (κ1) is 19.9. The maximum atomic E-state index is 5.92. The van der Waals surface area contributed by atoms with Gasteiger partial charge in [-0.1, -0.05) is 23.4 Å². The molecule has 162 valence electrons. The van der Waals surface area contributed by atoms with Crippen molar-refractivity contribution in [1.82, 2.24) is 30.1 Å².